The van der Waals surface area contributed by atoms with Crippen molar-refractivity contribution in [2.24, 2.45) is 5.73 Å². The zero-order chi connectivity index (χ0) is 11.8. The average molecular weight is 225 g/mol. The van der Waals surface area contributed by atoms with Gasteiger partial charge < -0.3 is 5.73 Å². The second kappa shape index (κ2) is 4.13. The highest BCUT2D eigenvalue weighted by Gasteiger charge is 2.34. The fourth-order valence-electron chi connectivity index (χ4n) is 2.52. The van der Waals surface area contributed by atoms with E-state index in [9.17, 15) is 8.78 Å². The molecule has 0 amide bonds. The van der Waals surface area contributed by atoms with Crippen LogP contribution >= 0.6 is 0 Å². The molecule has 0 heterocycles. The van der Waals surface area contributed by atoms with E-state index in [2.05, 4.69) is 0 Å². The number of nitrogens with two attached hydrogens (primary N) is 1. The van der Waals surface area contributed by atoms with Gasteiger partial charge in [-0.3, -0.25) is 0 Å². The molecule has 0 bridgehead atoms. The Morgan fingerprint density at radius 1 is 1.19 bits per heavy atom. The van der Waals surface area contributed by atoms with Crippen LogP contribution in [0.25, 0.3) is 0 Å². The van der Waals surface area contributed by atoms with Gasteiger partial charge in [0.05, 0.1) is 0 Å². The largest absolute Gasteiger partial charge is 0.321 e. The maximum Gasteiger partial charge on any atom is 0.131 e. The van der Waals surface area contributed by atoms with Gasteiger partial charge in [-0.05, 0) is 30.9 Å². The molecule has 16 heavy (non-hydrogen) atoms. The molecule has 0 spiro atoms. The van der Waals surface area contributed by atoms with Crippen molar-refractivity contribution in [2.45, 2.75) is 44.6 Å². The monoisotopic (exact) mass is 225 g/mol. The minimum Gasteiger partial charge on any atom is -0.321 e. The number of hydrogen-bond donors (Lipinski definition) is 1. The Balaban J connectivity index is 2.47. The first-order valence-electron chi connectivity index (χ1n) is 5.84. The highest BCUT2D eigenvalue weighted by Crippen LogP contribution is 2.38. The third kappa shape index (κ3) is 1.84. The predicted octanol–water partition coefficient (Wildman–Crippen LogP) is 3.26. The fourth-order valence-corrected chi connectivity index (χ4v) is 2.52. The summed E-state index contributed by atoms with van der Waals surface area (Å²) in [4.78, 5) is 0. The van der Waals surface area contributed by atoms with Gasteiger partial charge in [-0.1, -0.05) is 19.8 Å². The van der Waals surface area contributed by atoms with Crippen molar-refractivity contribution >= 4 is 0 Å². The minimum atomic E-state index is -0.582. The lowest BCUT2D eigenvalue weighted by atomic mass is 9.87. The number of halogens is 2. The standard InChI is InChI=1S/C13H17F2N/c1-2-9-7-10(12(15)8-11(9)14)13(16)5-3-4-6-13/h7-8H,2-6,16H2,1H3. The molecule has 0 aliphatic heterocycles. The number of benzene rings is 1. The van der Waals surface area contributed by atoms with E-state index in [0.717, 1.165) is 31.7 Å². The van der Waals surface area contributed by atoms with Crippen molar-refractivity contribution in [3.63, 3.8) is 0 Å². The van der Waals surface area contributed by atoms with Crippen molar-refractivity contribution < 1.29 is 8.78 Å². The summed E-state index contributed by atoms with van der Waals surface area (Å²) in [7, 11) is 0. The quantitative estimate of drug-likeness (QED) is 0.821. The average Bonchev–Trinajstić information content (AvgIpc) is 2.66. The Bertz CT molecular complexity index is 395. The summed E-state index contributed by atoms with van der Waals surface area (Å²) in [6.07, 6.45) is 4.19. The van der Waals surface area contributed by atoms with Gasteiger partial charge in [0, 0.05) is 17.2 Å². The van der Waals surface area contributed by atoms with Crippen LogP contribution in [0.2, 0.25) is 0 Å². The molecular formula is C13H17F2N. The van der Waals surface area contributed by atoms with Crippen LogP contribution in [-0.4, -0.2) is 0 Å². The van der Waals surface area contributed by atoms with Crippen molar-refractivity contribution in [1.29, 1.82) is 0 Å². The fraction of sp³-hybridized carbons (Fsp3) is 0.538. The summed E-state index contributed by atoms with van der Waals surface area (Å²) in [6.45, 7) is 1.86. The summed E-state index contributed by atoms with van der Waals surface area (Å²) in [5.41, 5.74) is 6.65. The summed E-state index contributed by atoms with van der Waals surface area (Å²) in [5.74, 6) is -0.968. The van der Waals surface area contributed by atoms with E-state index >= 15 is 0 Å². The molecule has 0 radical (unpaired) electrons. The van der Waals surface area contributed by atoms with Gasteiger partial charge in [0.2, 0.25) is 0 Å². The molecular weight excluding hydrogens is 208 g/mol. The lowest BCUT2D eigenvalue weighted by molar-refractivity contribution is 0.428. The van der Waals surface area contributed by atoms with Crippen LogP contribution in [0.5, 0.6) is 0 Å². The number of hydrogen-bond acceptors (Lipinski definition) is 1. The molecule has 0 saturated heterocycles. The van der Waals surface area contributed by atoms with Crippen LogP contribution in [0, 0.1) is 11.6 Å². The van der Waals surface area contributed by atoms with Crippen LogP contribution in [0.15, 0.2) is 12.1 Å². The van der Waals surface area contributed by atoms with Gasteiger partial charge in [-0.25, -0.2) is 8.78 Å². The van der Waals surface area contributed by atoms with Crippen molar-refractivity contribution in [2.75, 3.05) is 0 Å². The molecule has 0 unspecified atom stereocenters. The zero-order valence-electron chi connectivity index (χ0n) is 9.52. The van der Waals surface area contributed by atoms with E-state index in [1.807, 2.05) is 6.92 Å². The first-order chi connectivity index (χ1) is 7.57. The molecule has 2 rings (SSSR count). The van der Waals surface area contributed by atoms with Crippen molar-refractivity contribution in [1.82, 2.24) is 0 Å². The highest BCUT2D eigenvalue weighted by atomic mass is 19.1. The van der Waals surface area contributed by atoms with Gasteiger partial charge in [0.15, 0.2) is 0 Å². The molecule has 1 aliphatic carbocycles. The summed E-state index contributed by atoms with van der Waals surface area (Å²) in [5, 5.41) is 0. The molecule has 1 saturated carbocycles. The molecule has 1 nitrogen and oxygen atoms in total. The van der Waals surface area contributed by atoms with E-state index in [1.54, 1.807) is 6.07 Å². The molecule has 3 heteroatoms. The van der Waals surface area contributed by atoms with Gasteiger partial charge in [-0.15, -0.1) is 0 Å². The first kappa shape index (κ1) is 11.5. The third-order valence-corrected chi connectivity index (χ3v) is 3.55. The Hall–Kier alpha value is -0.960. The summed E-state index contributed by atoms with van der Waals surface area (Å²) in [6, 6.07) is 2.58. The lowest BCUT2D eigenvalue weighted by Gasteiger charge is -2.25. The van der Waals surface area contributed by atoms with Crippen LogP contribution in [0.3, 0.4) is 0 Å². The van der Waals surface area contributed by atoms with E-state index in [-0.39, 0.29) is 0 Å². The molecule has 0 atom stereocenters. The number of rotatable bonds is 2. The Labute approximate surface area is 94.7 Å². The molecule has 88 valence electrons. The van der Waals surface area contributed by atoms with Gasteiger partial charge in [0.25, 0.3) is 0 Å². The predicted molar refractivity (Wildman–Crippen MR) is 60.1 cm³/mol. The van der Waals surface area contributed by atoms with E-state index in [1.165, 1.54) is 0 Å². The molecule has 1 aliphatic rings. The highest BCUT2D eigenvalue weighted by molar-refractivity contribution is 5.32. The normalized spacial score (nSPS) is 19.0. The van der Waals surface area contributed by atoms with E-state index in [4.69, 9.17) is 5.73 Å². The van der Waals surface area contributed by atoms with Crippen molar-refractivity contribution in [3.8, 4) is 0 Å². The minimum absolute atomic E-state index is 0.467. The second-order valence-corrected chi connectivity index (χ2v) is 4.64. The zero-order valence-corrected chi connectivity index (χ0v) is 9.52. The van der Waals surface area contributed by atoms with Crippen LogP contribution < -0.4 is 5.73 Å². The maximum absolute atomic E-state index is 13.7. The smallest absolute Gasteiger partial charge is 0.131 e. The lowest BCUT2D eigenvalue weighted by Crippen LogP contribution is -2.34. The Morgan fingerprint density at radius 2 is 1.81 bits per heavy atom. The number of aryl methyl sites for hydroxylation is 1. The first-order valence-corrected chi connectivity index (χ1v) is 5.84. The van der Waals surface area contributed by atoms with E-state index in [0.29, 0.717) is 17.5 Å². The Kier molecular flexibility index (Phi) is 2.98. The topological polar surface area (TPSA) is 26.0 Å². The summed E-state index contributed by atoms with van der Waals surface area (Å²) < 4.78 is 27.1. The van der Waals surface area contributed by atoms with Crippen LogP contribution in [0.1, 0.15) is 43.7 Å². The maximum atomic E-state index is 13.7. The van der Waals surface area contributed by atoms with Crippen molar-refractivity contribution in [3.05, 3.63) is 34.9 Å². The summed E-state index contributed by atoms with van der Waals surface area (Å²) >= 11 is 0. The molecule has 2 N–H and O–H groups in total. The molecule has 1 aromatic carbocycles. The second-order valence-electron chi connectivity index (χ2n) is 4.64. The Morgan fingerprint density at radius 3 is 2.38 bits per heavy atom. The molecule has 1 aromatic rings. The molecule has 1 fully saturated rings. The van der Waals surface area contributed by atoms with Gasteiger partial charge >= 0.3 is 0 Å². The SMILES string of the molecule is CCc1cc(C2(N)CCCC2)c(F)cc1F. The van der Waals surface area contributed by atoms with E-state index < -0.39 is 17.2 Å². The van der Waals surface area contributed by atoms with Crippen LogP contribution in [0.4, 0.5) is 8.78 Å². The molecule has 0 aromatic heterocycles. The third-order valence-electron chi connectivity index (χ3n) is 3.55. The van der Waals surface area contributed by atoms with Crippen LogP contribution in [-0.2, 0) is 12.0 Å². The van der Waals surface area contributed by atoms with Gasteiger partial charge in [-0.2, -0.15) is 0 Å². The van der Waals surface area contributed by atoms with Gasteiger partial charge in [0.1, 0.15) is 11.6 Å².